The van der Waals surface area contributed by atoms with Crippen molar-refractivity contribution in [3.05, 3.63) is 60.3 Å². The van der Waals surface area contributed by atoms with Gasteiger partial charge in [-0.3, -0.25) is 10.3 Å². The van der Waals surface area contributed by atoms with Gasteiger partial charge in [0.25, 0.3) is 0 Å². The smallest absolute Gasteiger partial charge is 0.340 e. The van der Waals surface area contributed by atoms with Crippen LogP contribution in [0.3, 0.4) is 0 Å². The molecule has 2 aromatic heterocycles. The van der Waals surface area contributed by atoms with E-state index >= 15 is 0 Å². The lowest BCUT2D eigenvalue weighted by Crippen LogP contribution is -2.20. The molecule has 0 aliphatic heterocycles. The molecule has 0 saturated carbocycles. The number of nitrogens with zero attached hydrogens (tertiary/aromatic N) is 1. The summed E-state index contributed by atoms with van der Waals surface area (Å²) in [5.74, 6) is -1.09. The lowest BCUT2D eigenvalue weighted by atomic mass is 10.0. The fraction of sp³-hybridized carbons (Fsp3) is 0. The first kappa shape index (κ1) is 15.6. The van der Waals surface area contributed by atoms with E-state index in [1.807, 2.05) is 42.5 Å². The third-order valence-corrected chi connectivity index (χ3v) is 4.18. The molecule has 0 saturated heterocycles. The number of aromatic nitrogens is 2. The van der Waals surface area contributed by atoms with Crippen LogP contribution in [0.1, 0.15) is 10.4 Å². The number of H-pyrrole nitrogens is 1. The lowest BCUT2D eigenvalue weighted by molar-refractivity contribution is 0.0700. The Morgan fingerprint density at radius 1 is 1.08 bits per heavy atom. The zero-order chi connectivity index (χ0) is 18.3. The number of carbonyl (C=O) groups excluding carboxylic acids is 1. The number of carboxylic acids is 1. The van der Waals surface area contributed by atoms with E-state index in [4.69, 9.17) is 5.73 Å². The molecule has 7 heteroatoms. The third kappa shape index (κ3) is 2.61. The van der Waals surface area contributed by atoms with Gasteiger partial charge in [-0.05, 0) is 23.8 Å². The Bertz CT molecular complexity index is 1180. The van der Waals surface area contributed by atoms with E-state index in [-0.39, 0.29) is 11.4 Å². The van der Waals surface area contributed by atoms with Crippen LogP contribution in [0.15, 0.2) is 54.7 Å². The van der Waals surface area contributed by atoms with Gasteiger partial charge < -0.3 is 15.8 Å². The zero-order valence-corrected chi connectivity index (χ0v) is 13.5. The minimum Gasteiger partial charge on any atom is -0.478 e. The van der Waals surface area contributed by atoms with Gasteiger partial charge in [-0.15, -0.1) is 0 Å². The van der Waals surface area contributed by atoms with Crippen molar-refractivity contribution in [2.45, 2.75) is 0 Å². The second-order valence-electron chi connectivity index (χ2n) is 5.85. The Hall–Kier alpha value is -3.87. The number of aromatic amines is 1. The van der Waals surface area contributed by atoms with Crippen molar-refractivity contribution < 1.29 is 14.7 Å². The number of hydrogen-bond acceptors (Lipinski definition) is 3. The largest absolute Gasteiger partial charge is 0.478 e. The van der Waals surface area contributed by atoms with Crippen LogP contribution in [0.5, 0.6) is 0 Å². The van der Waals surface area contributed by atoms with E-state index in [0.717, 1.165) is 22.0 Å². The van der Waals surface area contributed by atoms with E-state index < -0.39 is 12.0 Å². The summed E-state index contributed by atoms with van der Waals surface area (Å²) in [4.78, 5) is 30.0. The molecular formula is C19H14N4O3. The second-order valence-corrected chi connectivity index (χ2v) is 5.85. The van der Waals surface area contributed by atoms with Crippen molar-refractivity contribution in [3.63, 3.8) is 0 Å². The molecule has 2 heterocycles. The fourth-order valence-electron chi connectivity index (χ4n) is 3.05. The molecule has 0 atom stereocenters. The molecule has 0 radical (unpaired) electrons. The highest BCUT2D eigenvalue weighted by atomic mass is 16.4. The average molecular weight is 346 g/mol. The molecule has 5 N–H and O–H groups in total. The summed E-state index contributed by atoms with van der Waals surface area (Å²) in [6, 6.07) is 14.3. The molecule has 2 amide bonds. The maximum absolute atomic E-state index is 11.6. The Morgan fingerprint density at radius 2 is 1.88 bits per heavy atom. The minimum absolute atomic E-state index is 0.0259. The molecular weight excluding hydrogens is 332 g/mol. The van der Waals surface area contributed by atoms with Gasteiger partial charge >= 0.3 is 12.0 Å². The highest BCUT2D eigenvalue weighted by molar-refractivity contribution is 6.11. The van der Waals surface area contributed by atoms with Gasteiger partial charge in [-0.1, -0.05) is 30.3 Å². The van der Waals surface area contributed by atoms with E-state index in [1.54, 1.807) is 12.3 Å². The maximum Gasteiger partial charge on any atom is 0.340 e. The molecule has 0 aliphatic carbocycles. The Labute approximate surface area is 147 Å². The molecule has 4 rings (SSSR count). The number of para-hydroxylation sites is 1. The summed E-state index contributed by atoms with van der Waals surface area (Å²) < 4.78 is 0. The average Bonchev–Trinajstić information content (AvgIpc) is 2.97. The summed E-state index contributed by atoms with van der Waals surface area (Å²) in [5.41, 5.74) is 8.35. The number of aromatic carboxylic acids is 1. The van der Waals surface area contributed by atoms with Crippen LogP contribution in [0.2, 0.25) is 0 Å². The number of amides is 2. The van der Waals surface area contributed by atoms with Crippen molar-refractivity contribution in [2.75, 3.05) is 5.32 Å². The Kier molecular flexibility index (Phi) is 3.54. The molecule has 0 fully saturated rings. The zero-order valence-electron chi connectivity index (χ0n) is 13.5. The first-order valence-corrected chi connectivity index (χ1v) is 7.83. The summed E-state index contributed by atoms with van der Waals surface area (Å²) >= 11 is 0. The number of hydrogen-bond donors (Lipinski definition) is 4. The molecule has 0 aliphatic rings. The van der Waals surface area contributed by atoms with E-state index in [9.17, 15) is 14.7 Å². The lowest BCUT2D eigenvalue weighted by Gasteiger charge is -2.04. The van der Waals surface area contributed by atoms with Crippen LogP contribution in [0.25, 0.3) is 32.9 Å². The molecule has 0 spiro atoms. The van der Waals surface area contributed by atoms with Crippen molar-refractivity contribution in [1.29, 1.82) is 0 Å². The number of anilines is 1. The number of nitrogens with one attached hydrogen (secondary N) is 2. The molecule has 4 aromatic rings. The Morgan fingerprint density at radius 3 is 2.65 bits per heavy atom. The molecule has 0 bridgehead atoms. The number of urea groups is 1. The van der Waals surface area contributed by atoms with Gasteiger partial charge in [-0.25, -0.2) is 9.59 Å². The summed E-state index contributed by atoms with van der Waals surface area (Å²) in [6.07, 6.45) is 1.77. The van der Waals surface area contributed by atoms with E-state index in [1.165, 1.54) is 0 Å². The summed E-state index contributed by atoms with van der Waals surface area (Å²) in [6.45, 7) is 0. The van der Waals surface area contributed by atoms with Crippen LogP contribution in [0.4, 0.5) is 10.6 Å². The first-order valence-electron chi connectivity index (χ1n) is 7.83. The number of nitrogens with two attached hydrogens (primary N) is 1. The van der Waals surface area contributed by atoms with Gasteiger partial charge in [0, 0.05) is 28.0 Å². The SMILES string of the molecule is NC(=O)Nc1[nH]c2cc(-c3cnc4ccccc4c3)ccc2c1C(=O)O. The molecule has 0 unspecified atom stereocenters. The minimum atomic E-state index is -1.15. The number of rotatable bonds is 3. The van der Waals surface area contributed by atoms with Crippen molar-refractivity contribution in [1.82, 2.24) is 9.97 Å². The number of carboxylic acid groups (broad SMARTS) is 1. The van der Waals surface area contributed by atoms with Gasteiger partial charge in [0.2, 0.25) is 0 Å². The van der Waals surface area contributed by atoms with E-state index in [0.29, 0.717) is 10.9 Å². The maximum atomic E-state index is 11.6. The number of carbonyl (C=O) groups is 2. The standard InChI is InChI=1S/C19H14N4O3/c20-19(26)23-17-16(18(24)25)13-6-5-10(8-15(13)22-17)12-7-11-3-1-2-4-14(11)21-9-12/h1-9,22H,(H,24,25)(H3,20,23,26). The van der Waals surface area contributed by atoms with Crippen LogP contribution in [-0.4, -0.2) is 27.1 Å². The predicted molar refractivity (Wildman–Crippen MR) is 99.2 cm³/mol. The topological polar surface area (TPSA) is 121 Å². The monoisotopic (exact) mass is 346 g/mol. The quantitative estimate of drug-likeness (QED) is 0.453. The van der Waals surface area contributed by atoms with Gasteiger partial charge in [0.1, 0.15) is 11.4 Å². The third-order valence-electron chi connectivity index (χ3n) is 4.18. The second kappa shape index (κ2) is 5.89. The van der Waals surface area contributed by atoms with Gasteiger partial charge in [0.15, 0.2) is 0 Å². The first-order chi connectivity index (χ1) is 12.5. The highest BCUT2D eigenvalue weighted by Gasteiger charge is 2.19. The van der Waals surface area contributed by atoms with Crippen molar-refractivity contribution in [3.8, 4) is 11.1 Å². The predicted octanol–water partition coefficient (Wildman–Crippen LogP) is 3.57. The number of primary amides is 1. The molecule has 128 valence electrons. The van der Waals surface area contributed by atoms with Crippen LogP contribution in [-0.2, 0) is 0 Å². The number of pyridine rings is 1. The number of fused-ring (bicyclic) bond motifs is 2. The number of benzene rings is 2. The van der Waals surface area contributed by atoms with Crippen molar-refractivity contribution >= 4 is 39.6 Å². The Balaban J connectivity index is 1.86. The summed E-state index contributed by atoms with van der Waals surface area (Å²) in [7, 11) is 0. The van der Waals surface area contributed by atoms with Crippen LogP contribution in [0, 0.1) is 0 Å². The van der Waals surface area contributed by atoms with E-state index in [2.05, 4.69) is 15.3 Å². The summed E-state index contributed by atoms with van der Waals surface area (Å²) in [5, 5.41) is 13.3. The van der Waals surface area contributed by atoms with Crippen LogP contribution >= 0.6 is 0 Å². The fourth-order valence-corrected chi connectivity index (χ4v) is 3.05. The highest BCUT2D eigenvalue weighted by Crippen LogP contribution is 2.31. The molecule has 7 nitrogen and oxygen atoms in total. The molecule has 2 aromatic carbocycles. The normalized spacial score (nSPS) is 10.9. The molecule has 26 heavy (non-hydrogen) atoms. The van der Waals surface area contributed by atoms with Crippen molar-refractivity contribution in [2.24, 2.45) is 5.73 Å². The van der Waals surface area contributed by atoms with Gasteiger partial charge in [-0.2, -0.15) is 0 Å². The van der Waals surface area contributed by atoms with Gasteiger partial charge in [0.05, 0.1) is 5.52 Å². The van der Waals surface area contributed by atoms with Crippen LogP contribution < -0.4 is 11.1 Å².